The predicted molar refractivity (Wildman–Crippen MR) is 83.2 cm³/mol. The van der Waals surface area contributed by atoms with E-state index in [1.807, 2.05) is 29.3 Å². The molecule has 0 saturated carbocycles. The van der Waals surface area contributed by atoms with Gasteiger partial charge in [-0.15, -0.1) is 0 Å². The highest BCUT2D eigenvalue weighted by Gasteiger charge is 2.18. The van der Waals surface area contributed by atoms with Gasteiger partial charge in [0.1, 0.15) is 0 Å². The molecule has 1 aromatic carbocycles. The van der Waals surface area contributed by atoms with Crippen LogP contribution in [0.5, 0.6) is 0 Å². The third kappa shape index (κ3) is 3.11. The van der Waals surface area contributed by atoms with Crippen LogP contribution in [0.1, 0.15) is 15.9 Å². The molecule has 4 nitrogen and oxygen atoms in total. The van der Waals surface area contributed by atoms with E-state index in [9.17, 15) is 4.79 Å². The average Bonchev–Trinajstić information content (AvgIpc) is 2.55. The second kappa shape index (κ2) is 6.06. The number of carbonyl (C=O) groups excluding carboxylic acids is 1. The van der Waals surface area contributed by atoms with Crippen molar-refractivity contribution in [1.29, 1.82) is 0 Å². The summed E-state index contributed by atoms with van der Waals surface area (Å²) in [5.74, 6) is 0.0681. The molecule has 4 heteroatoms. The molecule has 0 spiro atoms. The number of hydrogen-bond acceptors (Lipinski definition) is 3. The summed E-state index contributed by atoms with van der Waals surface area (Å²) < 4.78 is 0. The SMILES string of the molecule is Cc1cccc(-c2cncc(C(=O)N3CCNCC3)c2)c1. The first-order chi connectivity index (χ1) is 10.2. The number of pyridine rings is 1. The maximum absolute atomic E-state index is 12.5. The molecule has 1 aliphatic heterocycles. The molecule has 0 radical (unpaired) electrons. The largest absolute Gasteiger partial charge is 0.336 e. The molecule has 1 amide bonds. The van der Waals surface area contributed by atoms with Gasteiger partial charge in [0, 0.05) is 44.1 Å². The fourth-order valence-corrected chi connectivity index (χ4v) is 2.59. The second-order valence-corrected chi connectivity index (χ2v) is 5.37. The van der Waals surface area contributed by atoms with Crippen molar-refractivity contribution in [3.8, 4) is 11.1 Å². The van der Waals surface area contributed by atoms with Crippen LogP contribution >= 0.6 is 0 Å². The number of piperazine rings is 1. The molecule has 0 aliphatic carbocycles. The Balaban J connectivity index is 1.87. The van der Waals surface area contributed by atoms with Crippen molar-refractivity contribution in [2.24, 2.45) is 0 Å². The summed E-state index contributed by atoms with van der Waals surface area (Å²) in [4.78, 5) is 18.6. The third-order valence-corrected chi connectivity index (χ3v) is 3.74. The maximum atomic E-state index is 12.5. The first kappa shape index (κ1) is 13.8. The minimum atomic E-state index is 0.0681. The van der Waals surface area contributed by atoms with Gasteiger partial charge in [-0.2, -0.15) is 0 Å². The average molecular weight is 281 g/mol. The van der Waals surface area contributed by atoms with Gasteiger partial charge in [0.25, 0.3) is 5.91 Å². The van der Waals surface area contributed by atoms with Crippen LogP contribution in [0.4, 0.5) is 0 Å². The van der Waals surface area contributed by atoms with Crippen molar-refractivity contribution in [3.05, 3.63) is 53.9 Å². The highest BCUT2D eigenvalue weighted by molar-refractivity contribution is 5.95. The van der Waals surface area contributed by atoms with Crippen molar-refractivity contribution in [1.82, 2.24) is 15.2 Å². The van der Waals surface area contributed by atoms with E-state index >= 15 is 0 Å². The van der Waals surface area contributed by atoms with Crippen LogP contribution in [-0.4, -0.2) is 42.0 Å². The van der Waals surface area contributed by atoms with E-state index in [0.717, 1.165) is 37.3 Å². The van der Waals surface area contributed by atoms with Crippen LogP contribution in [0.2, 0.25) is 0 Å². The Bertz CT molecular complexity index is 648. The number of carbonyl (C=O) groups is 1. The molecular weight excluding hydrogens is 262 g/mol. The van der Waals surface area contributed by atoms with Gasteiger partial charge >= 0.3 is 0 Å². The Morgan fingerprint density at radius 3 is 2.71 bits per heavy atom. The lowest BCUT2D eigenvalue weighted by Gasteiger charge is -2.27. The molecule has 0 atom stereocenters. The second-order valence-electron chi connectivity index (χ2n) is 5.37. The van der Waals surface area contributed by atoms with E-state index in [1.165, 1.54) is 5.56 Å². The standard InChI is InChI=1S/C17H19N3O/c1-13-3-2-4-14(9-13)15-10-16(12-19-11-15)17(21)20-7-5-18-6-8-20/h2-4,9-12,18H,5-8H2,1H3. The van der Waals surface area contributed by atoms with Crippen molar-refractivity contribution in [2.75, 3.05) is 26.2 Å². The number of aromatic nitrogens is 1. The van der Waals surface area contributed by atoms with Gasteiger partial charge in [-0.25, -0.2) is 0 Å². The highest BCUT2D eigenvalue weighted by Crippen LogP contribution is 2.21. The molecule has 108 valence electrons. The van der Waals surface area contributed by atoms with Crippen molar-refractivity contribution in [2.45, 2.75) is 6.92 Å². The molecule has 0 bridgehead atoms. The number of amides is 1. The number of nitrogens with one attached hydrogen (secondary N) is 1. The summed E-state index contributed by atoms with van der Waals surface area (Å²) in [6.45, 7) is 5.29. The number of nitrogens with zero attached hydrogens (tertiary/aromatic N) is 2. The third-order valence-electron chi connectivity index (χ3n) is 3.74. The van der Waals surface area contributed by atoms with Crippen LogP contribution in [-0.2, 0) is 0 Å². The number of rotatable bonds is 2. The molecule has 1 aromatic heterocycles. The monoisotopic (exact) mass is 281 g/mol. The summed E-state index contributed by atoms with van der Waals surface area (Å²) in [5, 5.41) is 3.25. The van der Waals surface area contributed by atoms with Crippen molar-refractivity contribution in [3.63, 3.8) is 0 Å². The lowest BCUT2D eigenvalue weighted by molar-refractivity contribution is 0.0735. The van der Waals surface area contributed by atoms with E-state index in [2.05, 4.69) is 29.4 Å². The van der Waals surface area contributed by atoms with Gasteiger partial charge in [-0.05, 0) is 18.6 Å². The lowest BCUT2D eigenvalue weighted by Crippen LogP contribution is -2.46. The maximum Gasteiger partial charge on any atom is 0.255 e. The van der Waals surface area contributed by atoms with E-state index in [1.54, 1.807) is 6.20 Å². The van der Waals surface area contributed by atoms with Crippen molar-refractivity contribution < 1.29 is 4.79 Å². The van der Waals surface area contributed by atoms with Crippen LogP contribution in [0, 0.1) is 6.92 Å². The molecule has 1 aliphatic rings. The summed E-state index contributed by atoms with van der Waals surface area (Å²) >= 11 is 0. The van der Waals surface area contributed by atoms with Crippen LogP contribution in [0.25, 0.3) is 11.1 Å². The zero-order chi connectivity index (χ0) is 14.7. The number of benzene rings is 1. The topological polar surface area (TPSA) is 45.2 Å². The highest BCUT2D eigenvalue weighted by atomic mass is 16.2. The Hall–Kier alpha value is -2.20. The summed E-state index contributed by atoms with van der Waals surface area (Å²) in [6, 6.07) is 10.2. The summed E-state index contributed by atoms with van der Waals surface area (Å²) in [7, 11) is 0. The zero-order valence-corrected chi connectivity index (χ0v) is 12.2. The number of aryl methyl sites for hydroxylation is 1. The van der Waals surface area contributed by atoms with Gasteiger partial charge in [-0.3, -0.25) is 9.78 Å². The minimum absolute atomic E-state index is 0.0681. The van der Waals surface area contributed by atoms with E-state index in [-0.39, 0.29) is 5.91 Å². The fraction of sp³-hybridized carbons (Fsp3) is 0.294. The lowest BCUT2D eigenvalue weighted by atomic mass is 10.0. The molecule has 1 N–H and O–H groups in total. The smallest absolute Gasteiger partial charge is 0.255 e. The molecule has 21 heavy (non-hydrogen) atoms. The van der Waals surface area contributed by atoms with Gasteiger partial charge in [-0.1, -0.05) is 29.8 Å². The van der Waals surface area contributed by atoms with E-state index < -0.39 is 0 Å². The first-order valence-electron chi connectivity index (χ1n) is 7.26. The first-order valence-corrected chi connectivity index (χ1v) is 7.26. The van der Waals surface area contributed by atoms with Gasteiger partial charge in [0.05, 0.1) is 5.56 Å². The predicted octanol–water partition coefficient (Wildman–Crippen LogP) is 2.10. The molecule has 2 heterocycles. The quantitative estimate of drug-likeness (QED) is 0.917. The Morgan fingerprint density at radius 1 is 1.14 bits per heavy atom. The molecule has 2 aromatic rings. The number of hydrogen-bond donors (Lipinski definition) is 1. The van der Waals surface area contributed by atoms with Gasteiger partial charge < -0.3 is 10.2 Å². The van der Waals surface area contributed by atoms with Crippen LogP contribution in [0.3, 0.4) is 0 Å². The molecule has 1 saturated heterocycles. The summed E-state index contributed by atoms with van der Waals surface area (Å²) in [6.07, 6.45) is 3.47. The fourth-order valence-electron chi connectivity index (χ4n) is 2.59. The van der Waals surface area contributed by atoms with Gasteiger partial charge in [0.2, 0.25) is 0 Å². The molecule has 1 fully saturated rings. The molecule has 3 rings (SSSR count). The van der Waals surface area contributed by atoms with Gasteiger partial charge in [0.15, 0.2) is 0 Å². The van der Waals surface area contributed by atoms with Crippen LogP contribution in [0.15, 0.2) is 42.7 Å². The Labute approximate surface area is 124 Å². The van der Waals surface area contributed by atoms with Crippen LogP contribution < -0.4 is 5.32 Å². The zero-order valence-electron chi connectivity index (χ0n) is 12.2. The van der Waals surface area contributed by atoms with Crippen molar-refractivity contribution >= 4 is 5.91 Å². The van der Waals surface area contributed by atoms with E-state index in [0.29, 0.717) is 5.56 Å². The minimum Gasteiger partial charge on any atom is -0.336 e. The Kier molecular flexibility index (Phi) is 3.97. The molecule has 0 unspecified atom stereocenters. The summed E-state index contributed by atoms with van der Waals surface area (Å²) in [5.41, 5.74) is 3.94. The van der Waals surface area contributed by atoms with E-state index in [4.69, 9.17) is 0 Å². The molecular formula is C17H19N3O. The normalized spacial score (nSPS) is 15.0. The Morgan fingerprint density at radius 2 is 1.95 bits per heavy atom.